The van der Waals surface area contributed by atoms with Crippen molar-refractivity contribution in [3.8, 4) is 0 Å². The van der Waals surface area contributed by atoms with Crippen LogP contribution in [0.25, 0.3) is 10.9 Å². The summed E-state index contributed by atoms with van der Waals surface area (Å²) in [5, 5.41) is 10.5. The molecular weight excluding hydrogens is 688 g/mol. The third-order valence-electron chi connectivity index (χ3n) is 6.86. The second-order valence-corrected chi connectivity index (χ2v) is 11.9. The van der Waals surface area contributed by atoms with Crippen molar-refractivity contribution in [3.63, 3.8) is 0 Å². The van der Waals surface area contributed by atoms with Gasteiger partial charge in [-0.05, 0) is 17.7 Å². The molecule has 2 aliphatic rings. The molecule has 1 N–H and O–H groups in total. The Labute approximate surface area is 265 Å². The fourth-order valence-electron chi connectivity index (χ4n) is 5.05. The number of halogens is 8. The van der Waals surface area contributed by atoms with Gasteiger partial charge in [-0.2, -0.15) is 0 Å². The van der Waals surface area contributed by atoms with Crippen molar-refractivity contribution in [2.24, 2.45) is 0 Å². The van der Waals surface area contributed by atoms with E-state index in [9.17, 15) is 19.5 Å². The smallest absolute Gasteiger partial charge is 0.267 e. The number of carbonyl (C=O) groups is 3. The summed E-state index contributed by atoms with van der Waals surface area (Å²) in [6.07, 6.45) is -0.0415. The van der Waals surface area contributed by atoms with E-state index >= 15 is 0 Å². The molecule has 0 bridgehead atoms. The molecule has 6 nitrogen and oxygen atoms in total. The Balaban J connectivity index is 1.46. The van der Waals surface area contributed by atoms with Crippen LogP contribution in [0.3, 0.4) is 0 Å². The number of aliphatic hydroxyl groups excluding tert-OH is 1. The lowest BCUT2D eigenvalue weighted by atomic mass is 9.93. The maximum Gasteiger partial charge on any atom is 0.267 e. The molecule has 1 aliphatic heterocycles. The van der Waals surface area contributed by atoms with E-state index in [2.05, 4.69) is 4.98 Å². The molecule has 1 aliphatic carbocycles. The van der Waals surface area contributed by atoms with Crippen molar-refractivity contribution in [1.29, 1.82) is 0 Å². The van der Waals surface area contributed by atoms with Gasteiger partial charge in [-0.25, -0.2) is 4.90 Å². The lowest BCUT2D eigenvalue weighted by Crippen LogP contribution is -2.29. The van der Waals surface area contributed by atoms with Crippen molar-refractivity contribution in [2.45, 2.75) is 12.0 Å². The van der Waals surface area contributed by atoms with Crippen LogP contribution in [0, 0.1) is 0 Å². The van der Waals surface area contributed by atoms with E-state index in [0.29, 0.717) is 10.9 Å². The van der Waals surface area contributed by atoms with Crippen LogP contribution in [0.2, 0.25) is 40.2 Å². The third-order valence-corrected chi connectivity index (χ3v) is 10.5. The first-order valence-electron chi connectivity index (χ1n) is 11.1. The average molecular weight is 696 g/mol. The van der Waals surface area contributed by atoms with Crippen LogP contribution in [-0.4, -0.2) is 27.7 Å². The van der Waals surface area contributed by atoms with Crippen molar-refractivity contribution in [2.75, 3.05) is 4.90 Å². The zero-order valence-electron chi connectivity index (χ0n) is 19.1. The van der Waals surface area contributed by atoms with Crippen LogP contribution in [-0.2, 0) is 0 Å². The standard InChI is InChI=1S/C26H8Cl8N2O4/c27-14-10-11(15(28)19(32)18(14)31)24(38)9(23(10)37)7-4-6-2-1-3-8(22(6)35-5-7)36-25(39)12-13(26(36)40)17(30)21(34)20(33)16(12)29/h1-5,9,23,37H. The molecule has 0 saturated heterocycles. The Morgan fingerprint density at radius 1 is 0.700 bits per heavy atom. The summed E-state index contributed by atoms with van der Waals surface area (Å²) in [4.78, 5) is 45.5. The fraction of sp³-hybridized carbons (Fsp3) is 0.0769. The summed E-state index contributed by atoms with van der Waals surface area (Å²) >= 11 is 49.7. The number of hydrogen-bond acceptors (Lipinski definition) is 5. The molecule has 2 atom stereocenters. The van der Waals surface area contributed by atoms with Gasteiger partial charge in [-0.15, -0.1) is 0 Å². The molecule has 40 heavy (non-hydrogen) atoms. The Morgan fingerprint density at radius 3 is 1.80 bits per heavy atom. The van der Waals surface area contributed by atoms with Gasteiger partial charge in [0.15, 0.2) is 5.78 Å². The van der Waals surface area contributed by atoms with Crippen molar-refractivity contribution in [3.05, 3.63) is 98.5 Å². The predicted molar refractivity (Wildman–Crippen MR) is 158 cm³/mol. The van der Waals surface area contributed by atoms with Crippen LogP contribution in [0.5, 0.6) is 0 Å². The molecule has 0 fully saturated rings. The minimum Gasteiger partial charge on any atom is -0.387 e. The molecule has 0 radical (unpaired) electrons. The van der Waals surface area contributed by atoms with Gasteiger partial charge in [0.1, 0.15) is 0 Å². The number of para-hydroxylation sites is 1. The topological polar surface area (TPSA) is 87.6 Å². The molecule has 2 heterocycles. The summed E-state index contributed by atoms with van der Waals surface area (Å²) in [6, 6.07) is 6.36. The third kappa shape index (κ3) is 3.75. The first kappa shape index (κ1) is 28.3. The highest BCUT2D eigenvalue weighted by atomic mass is 35.5. The number of fused-ring (bicyclic) bond motifs is 3. The fourth-order valence-corrected chi connectivity index (χ4v) is 7.13. The van der Waals surface area contributed by atoms with E-state index in [0.717, 1.165) is 4.90 Å². The van der Waals surface area contributed by atoms with Gasteiger partial charge in [-0.3, -0.25) is 19.4 Å². The minimum absolute atomic E-state index is 0.0236. The Kier molecular flexibility index (Phi) is 6.98. The Morgan fingerprint density at radius 2 is 1.23 bits per heavy atom. The van der Waals surface area contributed by atoms with E-state index in [4.69, 9.17) is 92.8 Å². The first-order chi connectivity index (χ1) is 18.9. The Bertz CT molecular complexity index is 1850. The number of rotatable bonds is 2. The summed E-state index contributed by atoms with van der Waals surface area (Å²) in [7, 11) is 0. The number of imide groups is 1. The maximum atomic E-state index is 13.4. The van der Waals surface area contributed by atoms with E-state index in [-0.39, 0.29) is 73.6 Å². The molecule has 2 amide bonds. The maximum absolute atomic E-state index is 13.4. The molecule has 6 rings (SSSR count). The number of benzene rings is 3. The highest BCUT2D eigenvalue weighted by Crippen LogP contribution is 2.53. The molecule has 3 aromatic carbocycles. The molecule has 2 unspecified atom stereocenters. The second-order valence-electron chi connectivity index (χ2n) is 8.90. The molecular formula is C26H8Cl8N2O4. The summed E-state index contributed by atoms with van der Waals surface area (Å²) in [5.41, 5.74) is 0.383. The highest BCUT2D eigenvalue weighted by molar-refractivity contribution is 6.57. The SMILES string of the molecule is O=C1c2c(Cl)c(Cl)c(Cl)c(Cl)c2C(O)C1c1cnc2c(N3C(=O)c4c(Cl)c(Cl)c(Cl)c(Cl)c4C3=O)cccc2c1. The summed E-state index contributed by atoms with van der Waals surface area (Å²) < 4.78 is 0. The van der Waals surface area contributed by atoms with Gasteiger partial charge in [0.05, 0.1) is 74.5 Å². The van der Waals surface area contributed by atoms with Gasteiger partial charge in [0.2, 0.25) is 0 Å². The number of amides is 2. The molecule has 14 heteroatoms. The van der Waals surface area contributed by atoms with Crippen molar-refractivity contribution >= 4 is 127 Å². The number of Topliss-reactive ketones (excluding diaryl/α,β-unsaturated/α-hetero) is 1. The van der Waals surface area contributed by atoms with Gasteiger partial charge in [-0.1, -0.05) is 105 Å². The highest BCUT2D eigenvalue weighted by Gasteiger charge is 2.45. The number of pyridine rings is 1. The number of ketones is 1. The molecule has 4 aromatic rings. The number of aliphatic hydroxyl groups is 1. The number of nitrogens with zero attached hydrogens (tertiary/aromatic N) is 2. The Hall–Kier alpha value is -1.84. The lowest BCUT2D eigenvalue weighted by molar-refractivity contribution is 0.0870. The van der Waals surface area contributed by atoms with Crippen LogP contribution in [0.4, 0.5) is 5.69 Å². The quantitative estimate of drug-likeness (QED) is 0.128. The zero-order valence-corrected chi connectivity index (χ0v) is 25.2. The summed E-state index contributed by atoms with van der Waals surface area (Å²) in [6.45, 7) is 0. The normalized spacial score (nSPS) is 18.2. The molecule has 1 aromatic heterocycles. The minimum atomic E-state index is -1.39. The number of carbonyl (C=O) groups excluding carboxylic acids is 3. The zero-order chi connectivity index (χ0) is 28.9. The number of aromatic nitrogens is 1. The van der Waals surface area contributed by atoms with Crippen LogP contribution < -0.4 is 4.90 Å². The van der Waals surface area contributed by atoms with E-state index in [1.165, 1.54) is 12.3 Å². The molecule has 202 valence electrons. The van der Waals surface area contributed by atoms with Crippen molar-refractivity contribution < 1.29 is 19.5 Å². The van der Waals surface area contributed by atoms with Gasteiger partial charge >= 0.3 is 0 Å². The van der Waals surface area contributed by atoms with Gasteiger partial charge < -0.3 is 5.11 Å². The van der Waals surface area contributed by atoms with E-state index in [1.54, 1.807) is 18.2 Å². The van der Waals surface area contributed by atoms with Gasteiger partial charge in [0, 0.05) is 22.7 Å². The number of anilines is 1. The lowest BCUT2D eigenvalue weighted by Gasteiger charge is -2.18. The largest absolute Gasteiger partial charge is 0.387 e. The predicted octanol–water partition coefficient (Wildman–Crippen LogP) is 9.28. The molecule has 0 spiro atoms. The van der Waals surface area contributed by atoms with Crippen molar-refractivity contribution in [1.82, 2.24) is 4.98 Å². The van der Waals surface area contributed by atoms with Crippen LogP contribution >= 0.6 is 92.8 Å². The number of hydrogen-bond donors (Lipinski definition) is 1. The van der Waals surface area contributed by atoms with Crippen LogP contribution in [0.1, 0.15) is 54.2 Å². The van der Waals surface area contributed by atoms with E-state index < -0.39 is 29.6 Å². The summed E-state index contributed by atoms with van der Waals surface area (Å²) in [5.74, 6) is -3.18. The second kappa shape index (κ2) is 9.87. The van der Waals surface area contributed by atoms with Gasteiger partial charge in [0.25, 0.3) is 11.8 Å². The van der Waals surface area contributed by atoms with Crippen LogP contribution in [0.15, 0.2) is 30.5 Å². The average Bonchev–Trinajstić information content (AvgIpc) is 3.35. The van der Waals surface area contributed by atoms with E-state index in [1.807, 2.05) is 0 Å². The first-order valence-corrected chi connectivity index (χ1v) is 14.1. The monoisotopic (exact) mass is 692 g/mol. The molecule has 0 saturated carbocycles.